The largest absolute Gasteiger partial charge is 0.372 e. The summed E-state index contributed by atoms with van der Waals surface area (Å²) >= 11 is 8.19. The minimum Gasteiger partial charge on any atom is -0.372 e. The summed E-state index contributed by atoms with van der Waals surface area (Å²) < 4.78 is 5.69. The van der Waals surface area contributed by atoms with Gasteiger partial charge in [0.1, 0.15) is 0 Å². The van der Waals surface area contributed by atoms with E-state index in [2.05, 4.69) is 31.7 Å². The van der Waals surface area contributed by atoms with Crippen molar-refractivity contribution in [3.63, 3.8) is 0 Å². The Bertz CT molecular complexity index is 1220. The molecule has 3 heterocycles. The molecule has 1 amide bonds. The monoisotopic (exact) mass is 498 g/mol. The summed E-state index contributed by atoms with van der Waals surface area (Å²) in [6, 6.07) is 8.02. The van der Waals surface area contributed by atoms with E-state index in [0.29, 0.717) is 35.8 Å². The molecule has 0 bridgehead atoms. The molecule has 178 valence electrons. The molecular weight excluding hydrogens is 472 g/mol. The fraction of sp³-hybridized carbons (Fsp3) is 0.417. The summed E-state index contributed by atoms with van der Waals surface area (Å²) in [4.78, 5) is 25.7. The van der Waals surface area contributed by atoms with Crippen LogP contribution in [0.25, 0.3) is 22.2 Å². The van der Waals surface area contributed by atoms with Gasteiger partial charge in [-0.1, -0.05) is 41.6 Å². The van der Waals surface area contributed by atoms with E-state index in [-0.39, 0.29) is 17.8 Å². The third kappa shape index (κ3) is 4.98. The number of nitrogens with two attached hydrogens (primary N) is 1. The highest BCUT2D eigenvalue weighted by Gasteiger charge is 2.22. The molecule has 3 aromatic rings. The van der Waals surface area contributed by atoms with Crippen molar-refractivity contribution < 1.29 is 9.53 Å². The molecule has 1 fully saturated rings. The molecule has 1 aromatic heterocycles. The van der Waals surface area contributed by atoms with Crippen molar-refractivity contribution in [3.8, 4) is 11.4 Å². The van der Waals surface area contributed by atoms with Crippen LogP contribution in [0, 0.1) is 5.92 Å². The Morgan fingerprint density at radius 2 is 2.03 bits per heavy atom. The standard InChI is InChI=1S/C24H27ClN6O2S/c25-18-11-16-13-33-12-15-3-1-4-17(19(15)16)20(18)21-29-23(26)31-24(30-21)34-10-2-7-28-22(32)14-5-8-27-9-6-14/h1,3-4,11,14,27H,2,5-10,12-13H2,(H,28,32)(H2,26,29,30,31). The molecule has 2 aromatic carbocycles. The van der Waals surface area contributed by atoms with Gasteiger partial charge in [-0.3, -0.25) is 4.79 Å². The van der Waals surface area contributed by atoms with Gasteiger partial charge in [0.05, 0.1) is 18.2 Å². The van der Waals surface area contributed by atoms with Crippen LogP contribution in [0.3, 0.4) is 0 Å². The van der Waals surface area contributed by atoms with E-state index in [4.69, 9.17) is 22.1 Å². The van der Waals surface area contributed by atoms with Gasteiger partial charge in [-0.25, -0.2) is 4.98 Å². The number of hydrogen-bond acceptors (Lipinski definition) is 8. The minimum atomic E-state index is 0.123. The molecule has 5 rings (SSSR count). The number of aromatic nitrogens is 3. The van der Waals surface area contributed by atoms with Crippen molar-refractivity contribution in [3.05, 3.63) is 40.4 Å². The smallest absolute Gasteiger partial charge is 0.224 e. The first-order chi connectivity index (χ1) is 16.6. The SMILES string of the molecule is Nc1nc(SCCCNC(=O)C2CCNCC2)nc(-c2c(Cl)cc3c4c(cccc24)COC3)n1. The van der Waals surface area contributed by atoms with Crippen LogP contribution < -0.4 is 16.4 Å². The zero-order chi connectivity index (χ0) is 23.5. The Balaban J connectivity index is 1.28. The third-order valence-corrected chi connectivity index (χ3v) is 7.45. The van der Waals surface area contributed by atoms with Gasteiger partial charge in [0.25, 0.3) is 0 Å². The van der Waals surface area contributed by atoms with Crippen LogP contribution in [0.2, 0.25) is 5.02 Å². The van der Waals surface area contributed by atoms with Gasteiger partial charge in [-0.2, -0.15) is 9.97 Å². The molecule has 4 N–H and O–H groups in total. The number of rotatable bonds is 7. The summed E-state index contributed by atoms with van der Waals surface area (Å²) in [5, 5.41) is 9.58. The first-order valence-corrected chi connectivity index (χ1v) is 12.9. The number of carbonyl (C=O) groups is 1. The van der Waals surface area contributed by atoms with Gasteiger partial charge in [-0.05, 0) is 60.3 Å². The van der Waals surface area contributed by atoms with Crippen molar-refractivity contribution in [2.24, 2.45) is 5.92 Å². The first-order valence-electron chi connectivity index (χ1n) is 11.5. The van der Waals surface area contributed by atoms with Gasteiger partial charge < -0.3 is 21.1 Å². The van der Waals surface area contributed by atoms with Crippen molar-refractivity contribution in [2.75, 3.05) is 31.1 Å². The lowest BCUT2D eigenvalue weighted by atomic mass is 9.94. The number of nitrogens with zero attached hydrogens (tertiary/aromatic N) is 3. The Morgan fingerprint density at radius 3 is 2.88 bits per heavy atom. The van der Waals surface area contributed by atoms with Gasteiger partial charge >= 0.3 is 0 Å². The maximum atomic E-state index is 12.3. The van der Waals surface area contributed by atoms with Crippen molar-refractivity contribution in [2.45, 2.75) is 37.6 Å². The second-order valence-corrected chi connectivity index (χ2v) is 10.0. The van der Waals surface area contributed by atoms with Crippen LogP contribution in [0.15, 0.2) is 29.4 Å². The highest BCUT2D eigenvalue weighted by atomic mass is 35.5. The molecule has 0 spiro atoms. The predicted octanol–water partition coefficient (Wildman–Crippen LogP) is 3.56. The molecule has 2 aliphatic heterocycles. The maximum Gasteiger partial charge on any atom is 0.224 e. The second-order valence-electron chi connectivity index (χ2n) is 8.54. The Labute approximate surface area is 207 Å². The summed E-state index contributed by atoms with van der Waals surface area (Å²) in [6.45, 7) is 3.55. The zero-order valence-electron chi connectivity index (χ0n) is 18.8. The van der Waals surface area contributed by atoms with Crippen molar-refractivity contribution in [1.29, 1.82) is 0 Å². The van der Waals surface area contributed by atoms with E-state index in [9.17, 15) is 4.79 Å². The summed E-state index contributed by atoms with van der Waals surface area (Å²) in [5.74, 6) is 1.66. The number of piperidine rings is 1. The molecule has 0 radical (unpaired) electrons. The quantitative estimate of drug-likeness (QED) is 0.334. The topological polar surface area (TPSA) is 115 Å². The number of anilines is 1. The maximum absolute atomic E-state index is 12.3. The van der Waals surface area contributed by atoms with Crippen LogP contribution in [0.1, 0.15) is 30.4 Å². The number of benzene rings is 2. The lowest BCUT2D eigenvalue weighted by Gasteiger charge is -2.21. The number of halogens is 1. The normalized spacial score (nSPS) is 16.0. The summed E-state index contributed by atoms with van der Waals surface area (Å²) in [7, 11) is 0. The number of nitrogen functional groups attached to an aromatic ring is 1. The van der Waals surface area contributed by atoms with E-state index >= 15 is 0 Å². The highest BCUT2D eigenvalue weighted by Crippen LogP contribution is 2.39. The molecule has 0 atom stereocenters. The molecule has 8 nitrogen and oxygen atoms in total. The molecule has 0 saturated carbocycles. The van der Waals surface area contributed by atoms with Crippen LogP contribution in [-0.2, 0) is 22.7 Å². The fourth-order valence-corrected chi connectivity index (χ4v) is 5.67. The molecular formula is C24H27ClN6O2S. The first kappa shape index (κ1) is 23.3. The molecule has 10 heteroatoms. The number of ether oxygens (including phenoxy) is 1. The van der Waals surface area contributed by atoms with Crippen LogP contribution in [-0.4, -0.2) is 46.2 Å². The van der Waals surface area contributed by atoms with Crippen molar-refractivity contribution in [1.82, 2.24) is 25.6 Å². The lowest BCUT2D eigenvalue weighted by Crippen LogP contribution is -2.38. The average Bonchev–Trinajstić information content (AvgIpc) is 2.84. The molecule has 0 unspecified atom stereocenters. The van der Waals surface area contributed by atoms with E-state index in [0.717, 1.165) is 65.6 Å². The van der Waals surface area contributed by atoms with Gasteiger partial charge in [-0.15, -0.1) is 0 Å². The highest BCUT2D eigenvalue weighted by molar-refractivity contribution is 7.99. The second kappa shape index (κ2) is 10.4. The number of thioether (sulfide) groups is 1. The Kier molecular flexibility index (Phi) is 7.15. The van der Waals surface area contributed by atoms with E-state index < -0.39 is 0 Å². The summed E-state index contributed by atoms with van der Waals surface area (Å²) in [6.07, 6.45) is 2.62. The third-order valence-electron chi connectivity index (χ3n) is 6.21. The van der Waals surface area contributed by atoms with Gasteiger partial charge in [0.15, 0.2) is 11.0 Å². The number of nitrogens with one attached hydrogen (secondary N) is 2. The average molecular weight is 499 g/mol. The van der Waals surface area contributed by atoms with Gasteiger partial charge in [0.2, 0.25) is 11.9 Å². The summed E-state index contributed by atoms with van der Waals surface area (Å²) in [5.41, 5.74) is 8.99. The van der Waals surface area contributed by atoms with E-state index in [1.807, 2.05) is 18.2 Å². The minimum absolute atomic E-state index is 0.123. The van der Waals surface area contributed by atoms with Crippen molar-refractivity contribution >= 4 is 46.0 Å². The molecule has 2 aliphatic rings. The molecule has 34 heavy (non-hydrogen) atoms. The number of amides is 1. The lowest BCUT2D eigenvalue weighted by molar-refractivity contribution is -0.125. The molecule has 1 saturated heterocycles. The van der Waals surface area contributed by atoms with E-state index in [1.54, 1.807) is 0 Å². The number of carbonyl (C=O) groups excluding carboxylic acids is 1. The van der Waals surface area contributed by atoms with Crippen LogP contribution in [0.5, 0.6) is 0 Å². The van der Waals surface area contributed by atoms with Gasteiger partial charge in [0, 0.05) is 23.8 Å². The zero-order valence-corrected chi connectivity index (χ0v) is 20.3. The molecule has 0 aliphatic carbocycles. The fourth-order valence-electron chi connectivity index (χ4n) is 4.57. The van der Waals surface area contributed by atoms with Crippen LogP contribution >= 0.6 is 23.4 Å². The van der Waals surface area contributed by atoms with Crippen LogP contribution in [0.4, 0.5) is 5.95 Å². The Morgan fingerprint density at radius 1 is 1.21 bits per heavy atom. The number of hydrogen-bond donors (Lipinski definition) is 3. The Hall–Kier alpha value is -2.46. The predicted molar refractivity (Wildman–Crippen MR) is 135 cm³/mol. The van der Waals surface area contributed by atoms with E-state index in [1.165, 1.54) is 11.8 Å².